The SMILES string of the molecule is Cc1cc(C)n(-c2cccc(OCC(=O)O)c2)n1. The van der Waals surface area contributed by atoms with Crippen molar-refractivity contribution in [3.63, 3.8) is 0 Å². The molecule has 1 heterocycles. The van der Waals surface area contributed by atoms with Crippen LogP contribution in [-0.4, -0.2) is 27.5 Å². The fourth-order valence-electron chi connectivity index (χ4n) is 1.74. The van der Waals surface area contributed by atoms with Gasteiger partial charge in [-0.2, -0.15) is 5.10 Å². The molecule has 0 fully saturated rings. The van der Waals surface area contributed by atoms with E-state index in [1.54, 1.807) is 16.8 Å². The minimum atomic E-state index is -0.994. The fourth-order valence-corrected chi connectivity index (χ4v) is 1.74. The summed E-state index contributed by atoms with van der Waals surface area (Å²) in [5, 5.41) is 12.9. The lowest BCUT2D eigenvalue weighted by Crippen LogP contribution is -2.09. The Kier molecular flexibility index (Phi) is 3.32. The van der Waals surface area contributed by atoms with Crippen LogP contribution in [0.4, 0.5) is 0 Å². The van der Waals surface area contributed by atoms with Crippen molar-refractivity contribution in [3.8, 4) is 11.4 Å². The first-order valence-electron chi connectivity index (χ1n) is 5.54. The Balaban J connectivity index is 2.27. The van der Waals surface area contributed by atoms with Gasteiger partial charge in [0.2, 0.25) is 0 Å². The van der Waals surface area contributed by atoms with Crippen LogP contribution >= 0.6 is 0 Å². The molecule has 2 aromatic rings. The molecule has 0 bridgehead atoms. The van der Waals surface area contributed by atoms with E-state index in [1.807, 2.05) is 32.0 Å². The third-order valence-electron chi connectivity index (χ3n) is 2.43. The maximum absolute atomic E-state index is 10.4. The van der Waals surface area contributed by atoms with Crippen LogP contribution in [0.25, 0.3) is 5.69 Å². The van der Waals surface area contributed by atoms with E-state index >= 15 is 0 Å². The number of nitrogens with zero attached hydrogens (tertiary/aromatic N) is 2. The molecular formula is C13H14N2O3. The first kappa shape index (κ1) is 12.2. The highest BCUT2D eigenvalue weighted by molar-refractivity contribution is 5.68. The van der Waals surface area contributed by atoms with Crippen molar-refractivity contribution >= 4 is 5.97 Å². The van der Waals surface area contributed by atoms with E-state index in [1.165, 1.54) is 0 Å². The van der Waals surface area contributed by atoms with Crippen LogP contribution in [-0.2, 0) is 4.79 Å². The van der Waals surface area contributed by atoms with Crippen LogP contribution in [0.15, 0.2) is 30.3 Å². The van der Waals surface area contributed by atoms with Crippen molar-refractivity contribution < 1.29 is 14.6 Å². The molecule has 2 rings (SSSR count). The van der Waals surface area contributed by atoms with E-state index < -0.39 is 5.97 Å². The number of hydrogen-bond donors (Lipinski definition) is 1. The molecule has 1 aromatic carbocycles. The second-order valence-electron chi connectivity index (χ2n) is 4.02. The summed E-state index contributed by atoms with van der Waals surface area (Å²) in [4.78, 5) is 10.4. The van der Waals surface area contributed by atoms with Gasteiger partial charge in [0.25, 0.3) is 0 Å². The molecule has 0 aliphatic rings. The first-order chi connectivity index (χ1) is 8.56. The van der Waals surface area contributed by atoms with Gasteiger partial charge in [-0.15, -0.1) is 0 Å². The minimum absolute atomic E-state index is 0.347. The normalized spacial score (nSPS) is 10.3. The number of carbonyl (C=O) groups is 1. The third kappa shape index (κ3) is 2.68. The number of aryl methyl sites for hydroxylation is 2. The maximum atomic E-state index is 10.4. The van der Waals surface area contributed by atoms with Crippen LogP contribution in [0.2, 0.25) is 0 Å². The maximum Gasteiger partial charge on any atom is 0.341 e. The summed E-state index contributed by atoms with van der Waals surface area (Å²) in [5.74, 6) is -0.478. The summed E-state index contributed by atoms with van der Waals surface area (Å²) in [5.41, 5.74) is 2.80. The Morgan fingerprint density at radius 3 is 2.78 bits per heavy atom. The topological polar surface area (TPSA) is 64.3 Å². The van der Waals surface area contributed by atoms with Gasteiger partial charge >= 0.3 is 5.97 Å². The molecule has 0 radical (unpaired) electrons. The number of benzene rings is 1. The minimum Gasteiger partial charge on any atom is -0.482 e. The van der Waals surface area contributed by atoms with E-state index in [9.17, 15) is 4.79 Å². The van der Waals surface area contributed by atoms with Crippen molar-refractivity contribution in [1.29, 1.82) is 0 Å². The molecule has 0 aliphatic carbocycles. The van der Waals surface area contributed by atoms with Crippen molar-refractivity contribution in [1.82, 2.24) is 9.78 Å². The van der Waals surface area contributed by atoms with E-state index in [4.69, 9.17) is 9.84 Å². The molecule has 5 nitrogen and oxygen atoms in total. The molecule has 1 aromatic heterocycles. The predicted octanol–water partition coefficient (Wildman–Crippen LogP) is 1.95. The molecule has 0 atom stereocenters. The fraction of sp³-hybridized carbons (Fsp3) is 0.231. The number of hydrogen-bond acceptors (Lipinski definition) is 3. The average Bonchev–Trinajstić information content (AvgIpc) is 2.66. The second kappa shape index (κ2) is 4.91. The molecule has 18 heavy (non-hydrogen) atoms. The number of aliphatic carboxylic acids is 1. The average molecular weight is 246 g/mol. The van der Waals surface area contributed by atoms with Gasteiger partial charge in [-0.05, 0) is 32.0 Å². The lowest BCUT2D eigenvalue weighted by Gasteiger charge is -2.07. The van der Waals surface area contributed by atoms with Crippen molar-refractivity contribution in [2.45, 2.75) is 13.8 Å². The van der Waals surface area contributed by atoms with E-state index in [-0.39, 0.29) is 6.61 Å². The number of carboxylic acid groups (broad SMARTS) is 1. The zero-order chi connectivity index (χ0) is 13.1. The molecule has 0 unspecified atom stereocenters. The largest absolute Gasteiger partial charge is 0.482 e. The van der Waals surface area contributed by atoms with Gasteiger partial charge in [0.05, 0.1) is 11.4 Å². The highest BCUT2D eigenvalue weighted by atomic mass is 16.5. The summed E-state index contributed by atoms with van der Waals surface area (Å²) >= 11 is 0. The van der Waals surface area contributed by atoms with Crippen LogP contribution < -0.4 is 4.74 Å². The van der Waals surface area contributed by atoms with Gasteiger partial charge in [-0.25, -0.2) is 9.48 Å². The lowest BCUT2D eigenvalue weighted by molar-refractivity contribution is -0.139. The van der Waals surface area contributed by atoms with E-state index in [2.05, 4.69) is 5.10 Å². The summed E-state index contributed by atoms with van der Waals surface area (Å²) < 4.78 is 6.93. The quantitative estimate of drug-likeness (QED) is 0.895. The van der Waals surface area contributed by atoms with Crippen molar-refractivity contribution in [3.05, 3.63) is 41.7 Å². The van der Waals surface area contributed by atoms with Gasteiger partial charge in [0.1, 0.15) is 5.75 Å². The summed E-state index contributed by atoms with van der Waals surface area (Å²) in [6, 6.07) is 9.17. The molecular weight excluding hydrogens is 232 g/mol. The third-order valence-corrected chi connectivity index (χ3v) is 2.43. The monoisotopic (exact) mass is 246 g/mol. The standard InChI is InChI=1S/C13H14N2O3/c1-9-6-10(2)15(14-9)11-4-3-5-12(7-11)18-8-13(16)17/h3-7H,8H2,1-2H3,(H,16,17). The van der Waals surface area contributed by atoms with Crippen molar-refractivity contribution in [2.75, 3.05) is 6.61 Å². The highest BCUT2D eigenvalue weighted by Crippen LogP contribution is 2.18. The van der Waals surface area contributed by atoms with E-state index in [0.717, 1.165) is 17.1 Å². The molecule has 0 spiro atoms. The molecule has 0 amide bonds. The Morgan fingerprint density at radius 2 is 2.17 bits per heavy atom. The Hall–Kier alpha value is -2.30. The number of rotatable bonds is 4. The number of aromatic nitrogens is 2. The Labute approximate surface area is 105 Å². The molecule has 0 saturated carbocycles. The smallest absolute Gasteiger partial charge is 0.341 e. The molecule has 0 saturated heterocycles. The Bertz CT molecular complexity index is 575. The molecule has 5 heteroatoms. The van der Waals surface area contributed by atoms with Crippen LogP contribution in [0, 0.1) is 13.8 Å². The molecule has 0 aliphatic heterocycles. The molecule has 94 valence electrons. The van der Waals surface area contributed by atoms with Crippen LogP contribution in [0.3, 0.4) is 0 Å². The summed E-state index contributed by atoms with van der Waals surface area (Å²) in [7, 11) is 0. The summed E-state index contributed by atoms with van der Waals surface area (Å²) in [6.45, 7) is 3.54. The van der Waals surface area contributed by atoms with Gasteiger partial charge in [-0.1, -0.05) is 6.07 Å². The van der Waals surface area contributed by atoms with Crippen molar-refractivity contribution in [2.24, 2.45) is 0 Å². The van der Waals surface area contributed by atoms with Gasteiger partial charge < -0.3 is 9.84 Å². The summed E-state index contributed by atoms with van der Waals surface area (Å²) in [6.07, 6.45) is 0. The van der Waals surface area contributed by atoms with Crippen LogP contribution in [0.5, 0.6) is 5.75 Å². The zero-order valence-corrected chi connectivity index (χ0v) is 10.3. The second-order valence-corrected chi connectivity index (χ2v) is 4.02. The predicted molar refractivity (Wildman–Crippen MR) is 66.2 cm³/mol. The highest BCUT2D eigenvalue weighted by Gasteiger charge is 2.05. The van der Waals surface area contributed by atoms with Gasteiger partial charge in [0, 0.05) is 11.8 Å². The Morgan fingerprint density at radius 1 is 1.39 bits per heavy atom. The number of carboxylic acids is 1. The zero-order valence-electron chi connectivity index (χ0n) is 10.3. The number of ether oxygens (including phenoxy) is 1. The first-order valence-corrected chi connectivity index (χ1v) is 5.54. The van der Waals surface area contributed by atoms with Gasteiger partial charge in [0.15, 0.2) is 6.61 Å². The molecule has 1 N–H and O–H groups in total. The van der Waals surface area contributed by atoms with Crippen LogP contribution in [0.1, 0.15) is 11.4 Å². The lowest BCUT2D eigenvalue weighted by atomic mass is 10.3. The van der Waals surface area contributed by atoms with E-state index in [0.29, 0.717) is 5.75 Å². The van der Waals surface area contributed by atoms with Gasteiger partial charge in [-0.3, -0.25) is 0 Å².